The molecule has 0 spiro atoms. The molecule has 114 valence electrons. The number of sulfonamides is 1. The van der Waals surface area contributed by atoms with Crippen molar-refractivity contribution in [1.82, 2.24) is 4.72 Å². The molecule has 1 N–H and O–H groups in total. The summed E-state index contributed by atoms with van der Waals surface area (Å²) in [5, 5.41) is -0.110. The number of rotatable bonds is 7. The SMILES string of the molecule is COCCC(CBr)NS(=O)(=O)C1CCS(=O)(=O)CC1. The molecule has 1 atom stereocenters. The van der Waals surface area contributed by atoms with Crippen LogP contribution in [0.25, 0.3) is 0 Å². The number of hydrogen-bond acceptors (Lipinski definition) is 5. The molecule has 0 aliphatic carbocycles. The summed E-state index contributed by atoms with van der Waals surface area (Å²) in [6, 6.07) is -0.233. The van der Waals surface area contributed by atoms with Gasteiger partial charge in [-0.25, -0.2) is 21.6 Å². The minimum absolute atomic E-state index is 0.0460. The van der Waals surface area contributed by atoms with E-state index in [4.69, 9.17) is 4.74 Å². The van der Waals surface area contributed by atoms with Crippen LogP contribution in [0.5, 0.6) is 0 Å². The van der Waals surface area contributed by atoms with E-state index >= 15 is 0 Å². The second kappa shape index (κ2) is 7.35. The molecule has 0 radical (unpaired) electrons. The van der Waals surface area contributed by atoms with Gasteiger partial charge in [0.25, 0.3) is 0 Å². The molecule has 0 aromatic heterocycles. The predicted octanol–water partition coefficient (Wildman–Crippen LogP) is 0.283. The van der Waals surface area contributed by atoms with Gasteiger partial charge in [0.2, 0.25) is 10.0 Å². The third-order valence-corrected chi connectivity index (χ3v) is 7.64. The lowest BCUT2D eigenvalue weighted by Gasteiger charge is -2.25. The van der Waals surface area contributed by atoms with Crippen molar-refractivity contribution in [1.29, 1.82) is 0 Å². The third kappa shape index (κ3) is 5.66. The van der Waals surface area contributed by atoms with Gasteiger partial charge < -0.3 is 4.74 Å². The largest absolute Gasteiger partial charge is 0.385 e. The van der Waals surface area contributed by atoms with Gasteiger partial charge in [0.15, 0.2) is 0 Å². The fourth-order valence-electron chi connectivity index (χ4n) is 1.93. The Labute approximate surface area is 123 Å². The molecule has 0 bridgehead atoms. The number of nitrogens with one attached hydrogen (secondary N) is 1. The molecule has 0 aromatic carbocycles. The van der Waals surface area contributed by atoms with Gasteiger partial charge in [0.1, 0.15) is 9.84 Å². The van der Waals surface area contributed by atoms with Crippen molar-refractivity contribution in [3.63, 3.8) is 0 Å². The lowest BCUT2D eigenvalue weighted by atomic mass is 10.2. The Morgan fingerprint density at radius 2 is 1.95 bits per heavy atom. The molecule has 0 saturated carbocycles. The highest BCUT2D eigenvalue weighted by Gasteiger charge is 2.33. The first-order chi connectivity index (χ1) is 8.80. The molecule has 1 aliphatic rings. The van der Waals surface area contributed by atoms with E-state index in [0.29, 0.717) is 18.4 Å². The van der Waals surface area contributed by atoms with Gasteiger partial charge in [-0.1, -0.05) is 15.9 Å². The first-order valence-corrected chi connectivity index (χ1v) is 10.6. The molecule has 1 unspecified atom stereocenters. The summed E-state index contributed by atoms with van der Waals surface area (Å²) in [6.07, 6.45) is 0.930. The molecule has 0 amide bonds. The van der Waals surface area contributed by atoms with E-state index in [9.17, 15) is 16.8 Å². The van der Waals surface area contributed by atoms with Crippen LogP contribution >= 0.6 is 15.9 Å². The second-order valence-corrected chi connectivity index (χ2v) is 9.59. The van der Waals surface area contributed by atoms with Gasteiger partial charge in [-0.2, -0.15) is 0 Å². The van der Waals surface area contributed by atoms with Crippen LogP contribution in [0, 0.1) is 0 Å². The minimum Gasteiger partial charge on any atom is -0.385 e. The fraction of sp³-hybridized carbons (Fsp3) is 1.00. The van der Waals surface area contributed by atoms with Crippen molar-refractivity contribution in [3.05, 3.63) is 0 Å². The number of methoxy groups -OCH3 is 1. The fourth-order valence-corrected chi connectivity index (χ4v) is 6.14. The van der Waals surface area contributed by atoms with Crippen molar-refractivity contribution >= 4 is 35.8 Å². The average Bonchev–Trinajstić information content (AvgIpc) is 2.33. The van der Waals surface area contributed by atoms with Crippen LogP contribution in [-0.2, 0) is 24.6 Å². The molecule has 19 heavy (non-hydrogen) atoms. The zero-order valence-electron chi connectivity index (χ0n) is 10.8. The summed E-state index contributed by atoms with van der Waals surface area (Å²) in [5.74, 6) is -0.0920. The molecule has 1 rings (SSSR count). The summed E-state index contributed by atoms with van der Waals surface area (Å²) in [7, 11) is -4.96. The van der Waals surface area contributed by atoms with Crippen molar-refractivity contribution in [2.45, 2.75) is 30.6 Å². The van der Waals surface area contributed by atoms with Gasteiger partial charge >= 0.3 is 0 Å². The van der Waals surface area contributed by atoms with Crippen molar-refractivity contribution in [2.24, 2.45) is 0 Å². The lowest BCUT2D eigenvalue weighted by molar-refractivity contribution is 0.188. The maximum atomic E-state index is 12.2. The van der Waals surface area contributed by atoms with Crippen LogP contribution in [0.4, 0.5) is 0 Å². The van der Waals surface area contributed by atoms with Gasteiger partial charge in [0, 0.05) is 25.1 Å². The van der Waals surface area contributed by atoms with Crippen molar-refractivity contribution < 1.29 is 21.6 Å². The van der Waals surface area contributed by atoms with E-state index in [1.54, 1.807) is 7.11 Å². The Morgan fingerprint density at radius 1 is 1.37 bits per heavy atom. The maximum Gasteiger partial charge on any atom is 0.214 e. The Hall–Kier alpha value is 0.300. The van der Waals surface area contributed by atoms with Gasteiger partial charge in [-0.3, -0.25) is 0 Å². The number of ether oxygens (including phenoxy) is 1. The van der Waals surface area contributed by atoms with Crippen LogP contribution in [0.2, 0.25) is 0 Å². The molecular weight excluding hydrogens is 358 g/mol. The predicted molar refractivity (Wildman–Crippen MR) is 77.8 cm³/mol. The van der Waals surface area contributed by atoms with Crippen molar-refractivity contribution in [3.8, 4) is 0 Å². The molecule has 1 fully saturated rings. The second-order valence-electron chi connectivity index (χ2n) is 4.65. The molecular formula is C10H20BrNO5S2. The van der Waals surface area contributed by atoms with Crippen LogP contribution in [0.3, 0.4) is 0 Å². The maximum absolute atomic E-state index is 12.2. The summed E-state index contributed by atoms with van der Waals surface area (Å²) >= 11 is 3.26. The van der Waals surface area contributed by atoms with E-state index in [2.05, 4.69) is 20.7 Å². The highest BCUT2D eigenvalue weighted by molar-refractivity contribution is 9.09. The zero-order valence-corrected chi connectivity index (χ0v) is 14.1. The highest BCUT2D eigenvalue weighted by Crippen LogP contribution is 2.19. The lowest BCUT2D eigenvalue weighted by Crippen LogP contribution is -2.45. The Balaban J connectivity index is 2.60. The number of halogens is 1. The van der Waals surface area contributed by atoms with Crippen LogP contribution in [0.1, 0.15) is 19.3 Å². The molecule has 1 saturated heterocycles. The van der Waals surface area contributed by atoms with E-state index in [-0.39, 0.29) is 30.4 Å². The summed E-state index contributed by atoms with van der Waals surface area (Å²) in [6.45, 7) is 0.470. The molecule has 0 aromatic rings. The van der Waals surface area contributed by atoms with Crippen LogP contribution in [-0.4, -0.2) is 58.7 Å². The first kappa shape index (κ1) is 17.4. The molecule has 6 nitrogen and oxygen atoms in total. The van der Waals surface area contributed by atoms with Gasteiger partial charge in [-0.15, -0.1) is 0 Å². The van der Waals surface area contributed by atoms with Crippen LogP contribution in [0.15, 0.2) is 0 Å². The van der Waals surface area contributed by atoms with E-state index in [0.717, 1.165) is 0 Å². The third-order valence-electron chi connectivity index (χ3n) is 3.13. The smallest absolute Gasteiger partial charge is 0.214 e. The summed E-state index contributed by atoms with van der Waals surface area (Å²) < 4.78 is 54.5. The Morgan fingerprint density at radius 3 is 2.42 bits per heavy atom. The van der Waals surface area contributed by atoms with Crippen LogP contribution < -0.4 is 4.72 Å². The summed E-state index contributed by atoms with van der Waals surface area (Å²) in [5.41, 5.74) is 0. The number of sulfone groups is 1. The normalized spacial score (nSPS) is 22.2. The number of hydrogen-bond donors (Lipinski definition) is 1. The molecule has 1 aliphatic heterocycles. The summed E-state index contributed by atoms with van der Waals surface area (Å²) in [4.78, 5) is 0. The molecule has 1 heterocycles. The standard InChI is InChI=1S/C10H20BrNO5S2/c1-17-5-2-9(8-11)12-19(15,16)10-3-6-18(13,14)7-4-10/h9-10,12H,2-8H2,1H3. The monoisotopic (exact) mass is 377 g/mol. The number of alkyl halides is 1. The van der Waals surface area contributed by atoms with Crippen molar-refractivity contribution in [2.75, 3.05) is 30.6 Å². The van der Waals surface area contributed by atoms with Gasteiger partial charge in [0.05, 0.1) is 16.8 Å². The van der Waals surface area contributed by atoms with E-state index < -0.39 is 25.1 Å². The molecule has 9 heteroatoms. The average molecular weight is 378 g/mol. The van der Waals surface area contributed by atoms with Gasteiger partial charge in [-0.05, 0) is 19.3 Å². The topological polar surface area (TPSA) is 89.5 Å². The highest BCUT2D eigenvalue weighted by atomic mass is 79.9. The Kier molecular flexibility index (Phi) is 6.71. The van der Waals surface area contributed by atoms with E-state index in [1.807, 2.05) is 0 Å². The quantitative estimate of drug-likeness (QED) is 0.643. The Bertz CT molecular complexity index is 462. The first-order valence-electron chi connectivity index (χ1n) is 6.07. The minimum atomic E-state index is -3.48. The van der Waals surface area contributed by atoms with E-state index in [1.165, 1.54) is 0 Å². The zero-order chi connectivity index (χ0) is 14.5.